The lowest BCUT2D eigenvalue weighted by molar-refractivity contribution is 0.295. The molecule has 1 heterocycles. The van der Waals surface area contributed by atoms with Crippen molar-refractivity contribution in [1.82, 2.24) is 0 Å². The average Bonchev–Trinajstić information content (AvgIpc) is 2.83. The molecule has 1 nitrogen and oxygen atoms in total. The van der Waals surface area contributed by atoms with Gasteiger partial charge in [0.1, 0.15) is 6.61 Å². The number of hydrogen-bond donors (Lipinski definition) is 0. The highest BCUT2D eigenvalue weighted by molar-refractivity contribution is 8.00. The average molecular weight is 278 g/mol. The zero-order valence-corrected chi connectivity index (χ0v) is 10.9. The van der Waals surface area contributed by atoms with Crippen molar-refractivity contribution in [2.24, 2.45) is 0 Å². The molecule has 0 saturated heterocycles. The normalized spacial score (nSPS) is 17.3. The molecule has 2 aromatic carbocycles. The summed E-state index contributed by atoms with van der Waals surface area (Å²) >= 11 is 1.72. The molecule has 0 aliphatic carbocycles. The molecule has 0 amide bonds. The van der Waals surface area contributed by atoms with Crippen LogP contribution in [0.1, 0.15) is 5.56 Å². The van der Waals surface area contributed by atoms with Crippen LogP contribution < -0.4 is 4.74 Å². The molecule has 4 heteroatoms. The predicted molar refractivity (Wildman–Crippen MR) is 71.6 cm³/mol. The summed E-state index contributed by atoms with van der Waals surface area (Å²) in [7, 11) is 0. The van der Waals surface area contributed by atoms with E-state index in [1.54, 1.807) is 11.8 Å². The Morgan fingerprint density at radius 1 is 1.11 bits per heavy atom. The highest BCUT2D eigenvalue weighted by atomic mass is 32.2. The topological polar surface area (TPSA) is 9.23 Å². The smallest absolute Gasteiger partial charge is 0.200 e. The maximum atomic E-state index is 13.4. The molecule has 98 valence electrons. The summed E-state index contributed by atoms with van der Waals surface area (Å²) < 4.78 is 31.9. The van der Waals surface area contributed by atoms with Crippen LogP contribution >= 0.6 is 11.8 Å². The molecular weight excluding hydrogens is 266 g/mol. The first-order chi connectivity index (χ1) is 9.24. The minimum absolute atomic E-state index is 0.0171. The van der Waals surface area contributed by atoms with Crippen molar-refractivity contribution in [2.45, 2.75) is 16.6 Å². The van der Waals surface area contributed by atoms with E-state index < -0.39 is 11.6 Å². The lowest BCUT2D eigenvalue weighted by Gasteiger charge is -2.11. The largest absolute Gasteiger partial charge is 0.489 e. The van der Waals surface area contributed by atoms with Gasteiger partial charge in [-0.2, -0.15) is 4.39 Å². The lowest BCUT2D eigenvalue weighted by atomic mass is 10.1. The minimum atomic E-state index is -0.914. The van der Waals surface area contributed by atoms with Gasteiger partial charge in [0.05, 0.1) is 0 Å². The molecule has 3 rings (SSSR count). The van der Waals surface area contributed by atoms with E-state index in [1.807, 2.05) is 12.1 Å². The summed E-state index contributed by atoms with van der Waals surface area (Å²) in [4.78, 5) is 1.25. The van der Waals surface area contributed by atoms with Gasteiger partial charge in [0.25, 0.3) is 0 Å². The second-order valence-corrected chi connectivity index (χ2v) is 5.76. The Labute approximate surface area is 114 Å². The molecule has 1 atom stereocenters. The van der Waals surface area contributed by atoms with Gasteiger partial charge in [-0.25, -0.2) is 4.39 Å². The van der Waals surface area contributed by atoms with Gasteiger partial charge in [-0.15, -0.1) is 11.8 Å². The van der Waals surface area contributed by atoms with E-state index in [-0.39, 0.29) is 11.0 Å². The summed E-state index contributed by atoms with van der Waals surface area (Å²) in [5.74, 6) is -1.81. The number of ether oxygens (including phenoxy) is 1. The molecule has 0 spiro atoms. The lowest BCUT2D eigenvalue weighted by Crippen LogP contribution is -2.14. The van der Waals surface area contributed by atoms with Crippen LogP contribution in [0, 0.1) is 11.6 Å². The summed E-state index contributed by atoms with van der Waals surface area (Å²) in [6, 6.07) is 12.2. The van der Waals surface area contributed by atoms with Gasteiger partial charge in [0.2, 0.25) is 5.82 Å². The summed E-state index contributed by atoms with van der Waals surface area (Å²) in [6.07, 6.45) is 0.901. The van der Waals surface area contributed by atoms with E-state index in [1.165, 1.54) is 22.6 Å². The van der Waals surface area contributed by atoms with Crippen molar-refractivity contribution >= 4 is 11.8 Å². The molecule has 0 N–H and O–H groups in total. The van der Waals surface area contributed by atoms with Crippen LogP contribution in [0.15, 0.2) is 47.4 Å². The van der Waals surface area contributed by atoms with E-state index in [9.17, 15) is 8.78 Å². The van der Waals surface area contributed by atoms with Crippen molar-refractivity contribution < 1.29 is 13.5 Å². The van der Waals surface area contributed by atoms with E-state index in [0.717, 1.165) is 12.5 Å². The van der Waals surface area contributed by atoms with Crippen LogP contribution in [0.5, 0.6) is 5.75 Å². The number of thioether (sulfide) groups is 1. The van der Waals surface area contributed by atoms with E-state index >= 15 is 0 Å². The number of rotatable bonds is 3. The first-order valence-electron chi connectivity index (χ1n) is 6.05. The molecule has 1 aliphatic rings. The van der Waals surface area contributed by atoms with Crippen molar-refractivity contribution in [3.63, 3.8) is 0 Å². The Morgan fingerprint density at radius 3 is 2.79 bits per heavy atom. The predicted octanol–water partition coefficient (Wildman–Crippen LogP) is 4.06. The second kappa shape index (κ2) is 5.21. The van der Waals surface area contributed by atoms with Crippen LogP contribution in [-0.2, 0) is 6.42 Å². The fourth-order valence-corrected chi connectivity index (χ4v) is 3.34. The van der Waals surface area contributed by atoms with Gasteiger partial charge >= 0.3 is 0 Å². The number of benzene rings is 2. The third-order valence-corrected chi connectivity index (χ3v) is 4.34. The molecule has 0 bridgehead atoms. The van der Waals surface area contributed by atoms with E-state index in [4.69, 9.17) is 4.74 Å². The Hall–Kier alpha value is -1.55. The number of fused-ring (bicyclic) bond motifs is 1. The molecule has 0 fully saturated rings. The SMILES string of the molecule is Fc1cccc(OCC2Cc3ccccc3S2)c1F. The fraction of sp³-hybridized carbons (Fsp3) is 0.200. The quantitative estimate of drug-likeness (QED) is 0.837. The van der Waals surface area contributed by atoms with Gasteiger partial charge in [0, 0.05) is 10.1 Å². The minimum Gasteiger partial charge on any atom is -0.489 e. The van der Waals surface area contributed by atoms with Crippen LogP contribution in [0.25, 0.3) is 0 Å². The Morgan fingerprint density at radius 2 is 1.95 bits per heavy atom. The van der Waals surface area contributed by atoms with Gasteiger partial charge in [0.15, 0.2) is 11.6 Å². The molecule has 19 heavy (non-hydrogen) atoms. The van der Waals surface area contributed by atoms with E-state index in [2.05, 4.69) is 12.1 Å². The standard InChI is InChI=1S/C15H12F2OS/c16-12-5-3-6-13(15(12)17)18-9-11-8-10-4-1-2-7-14(10)19-11/h1-7,11H,8-9H2. The van der Waals surface area contributed by atoms with Gasteiger partial charge in [-0.1, -0.05) is 24.3 Å². The Kier molecular flexibility index (Phi) is 3.42. The number of halogens is 2. The molecule has 0 saturated carbocycles. The molecule has 1 unspecified atom stereocenters. The monoisotopic (exact) mass is 278 g/mol. The van der Waals surface area contributed by atoms with Crippen molar-refractivity contribution in [1.29, 1.82) is 0 Å². The van der Waals surface area contributed by atoms with Crippen LogP contribution in [0.3, 0.4) is 0 Å². The summed E-state index contributed by atoms with van der Waals surface area (Å²) in [5.41, 5.74) is 1.29. The van der Waals surface area contributed by atoms with Crippen molar-refractivity contribution in [3.8, 4) is 5.75 Å². The number of hydrogen-bond acceptors (Lipinski definition) is 2. The van der Waals surface area contributed by atoms with Crippen LogP contribution in [-0.4, -0.2) is 11.9 Å². The third kappa shape index (κ3) is 2.59. The first-order valence-corrected chi connectivity index (χ1v) is 6.93. The van der Waals surface area contributed by atoms with Gasteiger partial charge in [-0.3, -0.25) is 0 Å². The Bertz CT molecular complexity index is 575. The molecule has 1 aliphatic heterocycles. The Balaban J connectivity index is 1.64. The van der Waals surface area contributed by atoms with Crippen LogP contribution in [0.2, 0.25) is 0 Å². The molecule has 2 aromatic rings. The molecular formula is C15H12F2OS. The zero-order chi connectivity index (χ0) is 13.2. The van der Waals surface area contributed by atoms with E-state index in [0.29, 0.717) is 6.61 Å². The molecule has 0 aromatic heterocycles. The third-order valence-electron chi connectivity index (χ3n) is 3.05. The summed E-state index contributed by atoms with van der Waals surface area (Å²) in [5, 5.41) is 0.250. The zero-order valence-electron chi connectivity index (χ0n) is 10.1. The maximum Gasteiger partial charge on any atom is 0.200 e. The van der Waals surface area contributed by atoms with Gasteiger partial charge in [-0.05, 0) is 30.2 Å². The van der Waals surface area contributed by atoms with Crippen molar-refractivity contribution in [3.05, 3.63) is 59.7 Å². The van der Waals surface area contributed by atoms with Crippen molar-refractivity contribution in [2.75, 3.05) is 6.61 Å². The highest BCUT2D eigenvalue weighted by Crippen LogP contribution is 2.37. The first kappa shape index (κ1) is 12.5. The summed E-state index contributed by atoms with van der Waals surface area (Å²) in [6.45, 7) is 0.375. The van der Waals surface area contributed by atoms with Gasteiger partial charge < -0.3 is 4.74 Å². The second-order valence-electron chi connectivity index (χ2n) is 4.41. The van der Waals surface area contributed by atoms with Crippen LogP contribution in [0.4, 0.5) is 8.78 Å². The highest BCUT2D eigenvalue weighted by Gasteiger charge is 2.22. The maximum absolute atomic E-state index is 13.4. The molecule has 0 radical (unpaired) electrons. The fourth-order valence-electron chi connectivity index (χ4n) is 2.13.